The second-order valence-corrected chi connectivity index (χ2v) is 4.98. The number of carbonyl (C=O) groups excluding carboxylic acids is 1. The third-order valence-electron chi connectivity index (χ3n) is 2.56. The van der Waals surface area contributed by atoms with E-state index in [0.717, 1.165) is 11.4 Å². The average Bonchev–Trinajstić information content (AvgIpc) is 2.81. The van der Waals surface area contributed by atoms with Crippen molar-refractivity contribution >= 4 is 17.4 Å². The number of hydrogen-bond acceptors (Lipinski definition) is 5. The molecule has 0 fully saturated rings. The number of aryl methyl sites for hydroxylation is 1. The third kappa shape index (κ3) is 3.81. The normalized spacial score (nSPS) is 10.6. The largest absolute Gasteiger partial charge is 0.360 e. The van der Waals surface area contributed by atoms with E-state index < -0.39 is 0 Å². The van der Waals surface area contributed by atoms with Crippen LogP contribution in [0.4, 0.5) is 11.5 Å². The van der Waals surface area contributed by atoms with E-state index in [-0.39, 0.29) is 5.91 Å². The number of carbonyl (C=O) groups is 1. The second-order valence-electron chi connectivity index (χ2n) is 4.98. The minimum absolute atomic E-state index is 0.182. The molecule has 0 aliphatic rings. The lowest BCUT2D eigenvalue weighted by Crippen LogP contribution is -2.28. The molecule has 0 aliphatic heterocycles. The van der Waals surface area contributed by atoms with Gasteiger partial charge in [0.05, 0.1) is 0 Å². The van der Waals surface area contributed by atoms with Crippen LogP contribution in [0, 0.1) is 12.8 Å². The Kier molecular flexibility index (Phi) is 4.34. The summed E-state index contributed by atoms with van der Waals surface area (Å²) in [7, 11) is 0. The van der Waals surface area contributed by atoms with E-state index in [0.29, 0.717) is 24.0 Å². The first kappa shape index (κ1) is 14.0. The number of amides is 1. The zero-order valence-electron chi connectivity index (χ0n) is 11.8. The summed E-state index contributed by atoms with van der Waals surface area (Å²) in [5.74, 6) is 1.54. The van der Waals surface area contributed by atoms with Crippen molar-refractivity contribution in [3.05, 3.63) is 35.9 Å². The molecule has 0 saturated heterocycles. The zero-order chi connectivity index (χ0) is 14.5. The summed E-state index contributed by atoms with van der Waals surface area (Å²) in [4.78, 5) is 16.0. The molecular weight excluding hydrogens is 256 g/mol. The standard InChI is InChI=1S/C14H18N4O2/c1-9(2)8-16-14(19)12-7-11(4-5-15-12)17-13-6-10(3)20-18-13/h4-7,9H,8H2,1-3H3,(H,16,19)(H,15,17,18). The van der Waals surface area contributed by atoms with Gasteiger partial charge >= 0.3 is 0 Å². The fourth-order valence-electron chi connectivity index (χ4n) is 1.59. The van der Waals surface area contributed by atoms with E-state index in [1.54, 1.807) is 24.4 Å². The Hall–Kier alpha value is -2.37. The maximum absolute atomic E-state index is 11.9. The van der Waals surface area contributed by atoms with Crippen molar-refractivity contribution in [2.45, 2.75) is 20.8 Å². The molecule has 2 aromatic heterocycles. The molecule has 2 heterocycles. The molecule has 0 saturated carbocycles. The first-order valence-corrected chi connectivity index (χ1v) is 6.49. The molecule has 0 aliphatic carbocycles. The first-order chi connectivity index (χ1) is 9.54. The molecule has 1 amide bonds. The van der Waals surface area contributed by atoms with E-state index in [2.05, 4.69) is 20.8 Å². The van der Waals surface area contributed by atoms with Crippen LogP contribution in [0.25, 0.3) is 0 Å². The Morgan fingerprint density at radius 2 is 2.20 bits per heavy atom. The summed E-state index contributed by atoms with van der Waals surface area (Å²) < 4.78 is 4.97. The summed E-state index contributed by atoms with van der Waals surface area (Å²) >= 11 is 0. The molecule has 0 radical (unpaired) electrons. The Bertz CT molecular complexity index is 592. The molecule has 2 N–H and O–H groups in total. The highest BCUT2D eigenvalue weighted by atomic mass is 16.5. The molecule has 0 spiro atoms. The summed E-state index contributed by atoms with van der Waals surface area (Å²) in [6, 6.07) is 5.22. The van der Waals surface area contributed by atoms with Gasteiger partial charge in [0, 0.05) is 24.5 Å². The lowest BCUT2D eigenvalue weighted by Gasteiger charge is -2.08. The van der Waals surface area contributed by atoms with Crippen LogP contribution in [0.1, 0.15) is 30.1 Å². The summed E-state index contributed by atoms with van der Waals surface area (Å²) in [5, 5.41) is 9.73. The Morgan fingerprint density at radius 1 is 1.40 bits per heavy atom. The van der Waals surface area contributed by atoms with E-state index in [9.17, 15) is 4.79 Å². The van der Waals surface area contributed by atoms with Gasteiger partial charge in [-0.3, -0.25) is 9.78 Å². The predicted octanol–water partition coefficient (Wildman–Crippen LogP) is 2.51. The van der Waals surface area contributed by atoms with Crippen LogP contribution < -0.4 is 10.6 Å². The SMILES string of the molecule is Cc1cc(Nc2ccnc(C(=O)NCC(C)C)c2)no1. The molecule has 0 unspecified atom stereocenters. The minimum Gasteiger partial charge on any atom is -0.360 e. The number of hydrogen-bond donors (Lipinski definition) is 2. The number of rotatable bonds is 5. The van der Waals surface area contributed by atoms with Gasteiger partial charge < -0.3 is 15.2 Å². The molecule has 2 aromatic rings. The lowest BCUT2D eigenvalue weighted by molar-refractivity contribution is 0.0944. The maximum atomic E-state index is 11.9. The Balaban J connectivity index is 2.05. The van der Waals surface area contributed by atoms with Gasteiger partial charge in [-0.15, -0.1) is 0 Å². The molecule has 0 aromatic carbocycles. The van der Waals surface area contributed by atoms with E-state index in [4.69, 9.17) is 4.52 Å². The second kappa shape index (κ2) is 6.18. The van der Waals surface area contributed by atoms with Crippen LogP contribution in [0.2, 0.25) is 0 Å². The molecule has 20 heavy (non-hydrogen) atoms. The van der Waals surface area contributed by atoms with Gasteiger partial charge in [-0.05, 0) is 25.0 Å². The molecule has 106 valence electrons. The molecule has 6 nitrogen and oxygen atoms in total. The monoisotopic (exact) mass is 274 g/mol. The fraction of sp³-hybridized carbons (Fsp3) is 0.357. The van der Waals surface area contributed by atoms with Gasteiger partial charge in [-0.25, -0.2) is 0 Å². The minimum atomic E-state index is -0.182. The number of aromatic nitrogens is 2. The van der Waals surface area contributed by atoms with E-state index in [1.165, 1.54) is 0 Å². The molecule has 6 heteroatoms. The first-order valence-electron chi connectivity index (χ1n) is 6.49. The quantitative estimate of drug-likeness (QED) is 0.875. The van der Waals surface area contributed by atoms with E-state index in [1.807, 2.05) is 20.8 Å². The van der Waals surface area contributed by atoms with Crippen LogP contribution >= 0.6 is 0 Å². The highest BCUT2D eigenvalue weighted by molar-refractivity contribution is 5.93. The summed E-state index contributed by atoms with van der Waals surface area (Å²) in [5.41, 5.74) is 1.11. The summed E-state index contributed by atoms with van der Waals surface area (Å²) in [6.45, 7) is 6.52. The average molecular weight is 274 g/mol. The maximum Gasteiger partial charge on any atom is 0.269 e. The molecular formula is C14H18N4O2. The number of anilines is 2. The van der Waals surface area contributed by atoms with Crippen molar-refractivity contribution < 1.29 is 9.32 Å². The van der Waals surface area contributed by atoms with Crippen molar-refractivity contribution in [3.8, 4) is 0 Å². The Labute approximate surface area is 117 Å². The van der Waals surface area contributed by atoms with Crippen LogP contribution in [-0.4, -0.2) is 22.6 Å². The van der Waals surface area contributed by atoms with Crippen molar-refractivity contribution in [2.24, 2.45) is 5.92 Å². The third-order valence-corrected chi connectivity index (χ3v) is 2.56. The lowest BCUT2D eigenvalue weighted by atomic mass is 10.2. The van der Waals surface area contributed by atoms with Gasteiger partial charge in [-0.1, -0.05) is 19.0 Å². The van der Waals surface area contributed by atoms with E-state index >= 15 is 0 Å². The van der Waals surface area contributed by atoms with Crippen LogP contribution in [0.5, 0.6) is 0 Å². The van der Waals surface area contributed by atoms with Crippen molar-refractivity contribution in [1.29, 1.82) is 0 Å². The van der Waals surface area contributed by atoms with Crippen molar-refractivity contribution in [3.63, 3.8) is 0 Å². The topological polar surface area (TPSA) is 80.0 Å². The van der Waals surface area contributed by atoms with Crippen LogP contribution in [-0.2, 0) is 0 Å². The smallest absolute Gasteiger partial charge is 0.269 e. The molecule has 0 atom stereocenters. The van der Waals surface area contributed by atoms with Gasteiger partial charge in [0.25, 0.3) is 5.91 Å². The number of nitrogens with zero attached hydrogens (tertiary/aromatic N) is 2. The fourth-order valence-corrected chi connectivity index (χ4v) is 1.59. The zero-order valence-corrected chi connectivity index (χ0v) is 11.8. The van der Waals surface area contributed by atoms with Crippen LogP contribution in [0.3, 0.4) is 0 Å². The highest BCUT2D eigenvalue weighted by Gasteiger charge is 2.09. The summed E-state index contributed by atoms with van der Waals surface area (Å²) in [6.07, 6.45) is 1.58. The molecule has 2 rings (SSSR count). The van der Waals surface area contributed by atoms with Gasteiger partial charge in [0.15, 0.2) is 5.82 Å². The van der Waals surface area contributed by atoms with Crippen molar-refractivity contribution in [2.75, 3.05) is 11.9 Å². The number of pyridine rings is 1. The predicted molar refractivity (Wildman–Crippen MR) is 75.9 cm³/mol. The molecule has 0 bridgehead atoms. The van der Waals surface area contributed by atoms with Gasteiger partial charge in [0.1, 0.15) is 11.5 Å². The van der Waals surface area contributed by atoms with Gasteiger partial charge in [0.2, 0.25) is 0 Å². The Morgan fingerprint density at radius 3 is 2.85 bits per heavy atom. The highest BCUT2D eigenvalue weighted by Crippen LogP contribution is 2.16. The van der Waals surface area contributed by atoms with Crippen LogP contribution in [0.15, 0.2) is 28.9 Å². The van der Waals surface area contributed by atoms with Gasteiger partial charge in [-0.2, -0.15) is 0 Å². The van der Waals surface area contributed by atoms with Crippen molar-refractivity contribution in [1.82, 2.24) is 15.5 Å². The number of nitrogens with one attached hydrogen (secondary N) is 2.